The number of hydrogen-bond acceptors (Lipinski definition) is 2. The van der Waals surface area contributed by atoms with Crippen LogP contribution in [0.1, 0.15) is 10.4 Å². The van der Waals surface area contributed by atoms with E-state index in [1.807, 2.05) is 0 Å². The lowest BCUT2D eigenvalue weighted by atomic mass is 10.2. The molecule has 0 heterocycles. The highest BCUT2D eigenvalue weighted by atomic mass is 35.6. The fraction of sp³-hybridized carbons (Fsp3) is 0.125. The topological polar surface area (TPSA) is 53.2 Å². The summed E-state index contributed by atoms with van der Waals surface area (Å²) in [6.45, 7) is 0. The number of alkyl halides is 3. The van der Waals surface area contributed by atoms with E-state index in [4.69, 9.17) is 58.6 Å². The summed E-state index contributed by atoms with van der Waals surface area (Å²) in [4.78, 5) is 12.3. The van der Waals surface area contributed by atoms with Crippen molar-refractivity contribution in [2.75, 3.05) is 5.32 Å². The lowest BCUT2D eigenvalue weighted by Crippen LogP contribution is -2.56. The van der Waals surface area contributed by atoms with Crippen LogP contribution in [0.5, 0.6) is 0 Å². The van der Waals surface area contributed by atoms with Crippen LogP contribution in [-0.2, 0) is 0 Å². The van der Waals surface area contributed by atoms with Crippen molar-refractivity contribution in [3.63, 3.8) is 0 Å². The second-order valence-corrected chi connectivity index (χ2v) is 8.22. The van der Waals surface area contributed by atoms with Crippen LogP contribution in [0.15, 0.2) is 48.5 Å². The fourth-order valence-corrected chi connectivity index (χ4v) is 2.61. The van der Waals surface area contributed by atoms with Crippen molar-refractivity contribution < 1.29 is 9.18 Å². The van der Waals surface area contributed by atoms with E-state index < -0.39 is 21.7 Å². The molecule has 0 radical (unpaired) electrons. The maximum absolute atomic E-state index is 13.0. The molecule has 138 valence electrons. The van der Waals surface area contributed by atoms with Gasteiger partial charge < -0.3 is 16.0 Å². The molecule has 0 saturated heterocycles. The first-order chi connectivity index (χ1) is 12.2. The van der Waals surface area contributed by atoms with Crippen molar-refractivity contribution in [3.8, 4) is 0 Å². The van der Waals surface area contributed by atoms with Crippen LogP contribution in [0.3, 0.4) is 0 Å². The molecule has 0 aliphatic carbocycles. The van der Waals surface area contributed by atoms with Crippen molar-refractivity contribution >= 4 is 75.3 Å². The van der Waals surface area contributed by atoms with Gasteiger partial charge in [-0.15, -0.1) is 0 Å². The van der Waals surface area contributed by atoms with Crippen molar-refractivity contribution in [1.82, 2.24) is 10.6 Å². The number of thiocarbonyl (C=S) groups is 1. The molecule has 0 unspecified atom stereocenters. The van der Waals surface area contributed by atoms with E-state index in [0.29, 0.717) is 10.7 Å². The predicted octanol–water partition coefficient (Wildman–Crippen LogP) is 4.89. The molecule has 0 saturated carbocycles. The molecule has 4 nitrogen and oxygen atoms in total. The van der Waals surface area contributed by atoms with E-state index in [1.54, 1.807) is 24.3 Å². The zero-order chi connectivity index (χ0) is 19.3. The predicted molar refractivity (Wildman–Crippen MR) is 109 cm³/mol. The van der Waals surface area contributed by atoms with E-state index >= 15 is 0 Å². The van der Waals surface area contributed by atoms with Gasteiger partial charge in [-0.05, 0) is 48.6 Å². The maximum Gasteiger partial charge on any atom is 0.252 e. The number of benzene rings is 2. The molecule has 26 heavy (non-hydrogen) atoms. The molecule has 3 N–H and O–H groups in total. The van der Waals surface area contributed by atoms with Gasteiger partial charge >= 0.3 is 0 Å². The van der Waals surface area contributed by atoms with Crippen molar-refractivity contribution in [2.24, 2.45) is 0 Å². The van der Waals surface area contributed by atoms with E-state index in [2.05, 4.69) is 16.0 Å². The first-order valence-electron chi connectivity index (χ1n) is 7.12. The zero-order valence-electron chi connectivity index (χ0n) is 12.9. The number of nitrogens with one attached hydrogen (secondary N) is 3. The van der Waals surface area contributed by atoms with Crippen LogP contribution >= 0.6 is 58.6 Å². The van der Waals surface area contributed by atoms with Gasteiger partial charge in [0.1, 0.15) is 12.0 Å². The van der Waals surface area contributed by atoms with E-state index in [0.717, 1.165) is 12.1 Å². The molecule has 0 aromatic heterocycles. The molecule has 2 aromatic carbocycles. The highest BCUT2D eigenvalue weighted by molar-refractivity contribution is 7.80. The van der Waals surface area contributed by atoms with E-state index in [-0.39, 0.29) is 10.7 Å². The zero-order valence-corrected chi connectivity index (χ0v) is 16.7. The second kappa shape index (κ2) is 9.06. The minimum absolute atomic E-state index is 0.0776. The van der Waals surface area contributed by atoms with Gasteiger partial charge in [0, 0.05) is 5.56 Å². The number of carbonyl (C=O) groups is 1. The number of amides is 1. The fourth-order valence-electron chi connectivity index (χ4n) is 1.87. The van der Waals surface area contributed by atoms with Gasteiger partial charge in [0.05, 0.1) is 10.7 Å². The van der Waals surface area contributed by atoms with Crippen LogP contribution in [0.25, 0.3) is 0 Å². The monoisotopic (exact) mass is 453 g/mol. The van der Waals surface area contributed by atoms with Gasteiger partial charge in [-0.25, -0.2) is 4.39 Å². The normalized spacial score (nSPS) is 12.2. The van der Waals surface area contributed by atoms with Gasteiger partial charge in [0.2, 0.25) is 3.79 Å². The van der Waals surface area contributed by atoms with Crippen LogP contribution in [0, 0.1) is 5.82 Å². The summed E-state index contributed by atoms with van der Waals surface area (Å²) in [5.74, 6) is -1.04. The highest BCUT2D eigenvalue weighted by Crippen LogP contribution is 2.29. The third-order valence-corrected chi connectivity index (χ3v) is 4.31. The number of anilines is 1. The summed E-state index contributed by atoms with van der Waals surface area (Å²) in [7, 11) is 0. The molecule has 0 fully saturated rings. The Morgan fingerprint density at radius 2 is 1.65 bits per heavy atom. The highest BCUT2D eigenvalue weighted by Gasteiger charge is 2.35. The molecule has 0 spiro atoms. The van der Waals surface area contributed by atoms with Crippen LogP contribution < -0.4 is 16.0 Å². The molecular weight excluding hydrogens is 443 g/mol. The lowest BCUT2D eigenvalue weighted by Gasteiger charge is -2.28. The number of carbonyl (C=O) groups excluding carboxylic acids is 1. The number of hydrogen-bond donors (Lipinski definition) is 3. The Morgan fingerprint density at radius 1 is 1.04 bits per heavy atom. The molecule has 0 bridgehead atoms. The average molecular weight is 455 g/mol. The summed E-state index contributed by atoms with van der Waals surface area (Å²) >= 11 is 29.0. The minimum Gasteiger partial charge on any atom is -0.339 e. The third-order valence-electron chi connectivity index (χ3n) is 3.11. The molecule has 2 rings (SSSR count). The van der Waals surface area contributed by atoms with Gasteiger partial charge in [-0.1, -0.05) is 58.5 Å². The summed E-state index contributed by atoms with van der Waals surface area (Å²) in [5, 5.41) is 8.56. The first-order valence-corrected chi connectivity index (χ1v) is 9.04. The Hall–Kier alpha value is -1.31. The van der Waals surface area contributed by atoms with Crippen molar-refractivity contribution in [2.45, 2.75) is 9.96 Å². The number of rotatable bonds is 4. The third kappa shape index (κ3) is 6.14. The second-order valence-electron chi connectivity index (χ2n) is 5.03. The summed E-state index contributed by atoms with van der Waals surface area (Å²) in [5.41, 5.74) is 0.733. The maximum atomic E-state index is 13.0. The van der Waals surface area contributed by atoms with Gasteiger partial charge in [-0.2, -0.15) is 0 Å². The van der Waals surface area contributed by atoms with Crippen LogP contribution in [0.2, 0.25) is 5.02 Å². The Labute approximate surface area is 174 Å². The first kappa shape index (κ1) is 21.0. The largest absolute Gasteiger partial charge is 0.339 e. The summed E-state index contributed by atoms with van der Waals surface area (Å²) in [6, 6.07) is 11.8. The Bertz CT molecular complexity index is 799. The summed E-state index contributed by atoms with van der Waals surface area (Å²) < 4.78 is 11.1. The lowest BCUT2D eigenvalue weighted by molar-refractivity contribution is 0.0934. The average Bonchev–Trinajstić information content (AvgIpc) is 2.56. The van der Waals surface area contributed by atoms with Crippen LogP contribution in [0.4, 0.5) is 10.1 Å². The van der Waals surface area contributed by atoms with E-state index in [9.17, 15) is 9.18 Å². The Balaban J connectivity index is 2.07. The van der Waals surface area contributed by atoms with Crippen LogP contribution in [-0.4, -0.2) is 21.0 Å². The SMILES string of the molecule is O=C(N[C@@H](NC(=S)Nc1ccccc1Cl)C(Cl)(Cl)Cl)c1ccc(F)cc1. The molecule has 1 atom stereocenters. The van der Waals surface area contributed by atoms with Crippen molar-refractivity contribution in [1.29, 1.82) is 0 Å². The molecule has 10 heteroatoms. The Morgan fingerprint density at radius 3 is 2.23 bits per heavy atom. The van der Waals surface area contributed by atoms with Crippen molar-refractivity contribution in [3.05, 3.63) is 64.9 Å². The Kier molecular flexibility index (Phi) is 7.32. The van der Waals surface area contributed by atoms with Gasteiger partial charge in [0.25, 0.3) is 5.91 Å². The molecular formula is C16H12Cl4FN3OS. The smallest absolute Gasteiger partial charge is 0.252 e. The summed E-state index contributed by atoms with van der Waals surface area (Å²) in [6.07, 6.45) is -1.16. The molecule has 0 aliphatic heterocycles. The number of halogens is 5. The molecule has 1 amide bonds. The van der Waals surface area contributed by atoms with Gasteiger partial charge in [0.15, 0.2) is 5.11 Å². The quantitative estimate of drug-likeness (QED) is 0.349. The van der Waals surface area contributed by atoms with Gasteiger partial charge in [-0.3, -0.25) is 4.79 Å². The minimum atomic E-state index is -1.91. The van der Waals surface area contributed by atoms with E-state index in [1.165, 1.54) is 12.1 Å². The standard InChI is InChI=1S/C16H12Cl4FN3OS/c17-11-3-1-2-4-12(11)22-15(26)24-14(16(18,19)20)23-13(25)9-5-7-10(21)8-6-9/h1-8,14H,(H,23,25)(H2,22,24,26)/t14-/m0/s1. The molecule has 0 aliphatic rings. The molecule has 2 aromatic rings. The number of para-hydroxylation sites is 1.